The van der Waals surface area contributed by atoms with Gasteiger partial charge in [0, 0.05) is 5.02 Å². The van der Waals surface area contributed by atoms with E-state index >= 15 is 0 Å². The number of hydrogen-bond donors (Lipinski definition) is 1. The average molecular weight is 423 g/mol. The van der Waals surface area contributed by atoms with Gasteiger partial charge in [-0.05, 0) is 69.0 Å². The van der Waals surface area contributed by atoms with E-state index in [0.29, 0.717) is 10.7 Å². The van der Waals surface area contributed by atoms with Gasteiger partial charge in [0.2, 0.25) is 15.9 Å². The van der Waals surface area contributed by atoms with Gasteiger partial charge in [-0.25, -0.2) is 8.42 Å². The fourth-order valence-electron chi connectivity index (χ4n) is 3.05. The summed E-state index contributed by atoms with van der Waals surface area (Å²) < 4.78 is 26.1. The summed E-state index contributed by atoms with van der Waals surface area (Å²) in [6.07, 6.45) is 1.09. The van der Waals surface area contributed by atoms with Gasteiger partial charge in [-0.2, -0.15) is 0 Å². The number of rotatable bonds is 6. The number of nitrogens with zero attached hydrogens (tertiary/aromatic N) is 1. The summed E-state index contributed by atoms with van der Waals surface area (Å²) in [5.74, 6) is -0.379. The normalized spacial score (nSPS) is 13.7. The number of sulfonamides is 1. The quantitative estimate of drug-likeness (QED) is 0.754. The third-order valence-corrected chi connectivity index (χ3v) is 6.35. The second-order valence-electron chi connectivity index (χ2n) is 7.24. The molecule has 2 aromatic rings. The van der Waals surface area contributed by atoms with E-state index in [0.717, 1.165) is 27.3 Å². The molecule has 0 saturated heterocycles. The van der Waals surface area contributed by atoms with E-state index in [-0.39, 0.29) is 11.9 Å². The molecule has 0 heterocycles. The Hall–Kier alpha value is -2.05. The number of carbonyl (C=O) groups excluding carboxylic acids is 1. The van der Waals surface area contributed by atoms with Gasteiger partial charge in [-0.1, -0.05) is 35.9 Å². The van der Waals surface area contributed by atoms with Crippen molar-refractivity contribution >= 4 is 33.2 Å². The lowest BCUT2D eigenvalue weighted by atomic mass is 10.0. The maximum Gasteiger partial charge on any atom is 0.244 e. The lowest BCUT2D eigenvalue weighted by molar-refractivity contribution is -0.122. The van der Waals surface area contributed by atoms with Crippen LogP contribution in [-0.2, 0) is 14.8 Å². The molecule has 2 rings (SSSR count). The zero-order valence-electron chi connectivity index (χ0n) is 17.1. The van der Waals surface area contributed by atoms with Crippen molar-refractivity contribution in [2.75, 3.05) is 10.6 Å². The number of amides is 1. The van der Waals surface area contributed by atoms with Crippen molar-refractivity contribution in [1.82, 2.24) is 5.32 Å². The van der Waals surface area contributed by atoms with Gasteiger partial charge in [-0.3, -0.25) is 9.10 Å². The zero-order valence-corrected chi connectivity index (χ0v) is 18.6. The zero-order chi connectivity index (χ0) is 21.2. The molecule has 0 unspecified atom stereocenters. The summed E-state index contributed by atoms with van der Waals surface area (Å²) in [7, 11) is -3.70. The predicted molar refractivity (Wildman–Crippen MR) is 115 cm³/mol. The Labute approximate surface area is 172 Å². The van der Waals surface area contributed by atoms with Crippen molar-refractivity contribution in [1.29, 1.82) is 0 Å². The maximum atomic E-state index is 12.9. The van der Waals surface area contributed by atoms with Gasteiger partial charge >= 0.3 is 0 Å². The minimum Gasteiger partial charge on any atom is -0.348 e. The molecule has 0 aliphatic carbocycles. The van der Waals surface area contributed by atoms with E-state index in [1.165, 1.54) is 5.56 Å². The summed E-state index contributed by atoms with van der Waals surface area (Å²) in [6, 6.07) is 9.81. The lowest BCUT2D eigenvalue weighted by Crippen LogP contribution is -2.48. The molecule has 28 heavy (non-hydrogen) atoms. The Morgan fingerprint density at radius 3 is 2.18 bits per heavy atom. The van der Waals surface area contributed by atoms with Gasteiger partial charge in [0.05, 0.1) is 18.0 Å². The first-order valence-electron chi connectivity index (χ1n) is 9.05. The monoisotopic (exact) mass is 422 g/mol. The molecular weight excluding hydrogens is 396 g/mol. The molecule has 0 saturated carbocycles. The molecule has 5 nitrogen and oxygen atoms in total. The van der Waals surface area contributed by atoms with Crippen molar-refractivity contribution in [3.63, 3.8) is 0 Å². The number of nitrogens with one attached hydrogen (secondary N) is 1. The third kappa shape index (κ3) is 5.06. The number of carbonyl (C=O) groups is 1. The van der Waals surface area contributed by atoms with Crippen LogP contribution in [0.4, 0.5) is 5.69 Å². The highest BCUT2D eigenvalue weighted by Crippen LogP contribution is 2.28. The van der Waals surface area contributed by atoms with E-state index in [2.05, 4.69) is 5.32 Å². The summed E-state index contributed by atoms with van der Waals surface area (Å²) in [5, 5.41) is 3.33. The molecule has 0 radical (unpaired) electrons. The van der Waals surface area contributed by atoms with E-state index in [1.807, 2.05) is 39.0 Å². The summed E-state index contributed by atoms with van der Waals surface area (Å²) in [5.41, 5.74) is 4.40. The molecular formula is C21H27ClN2O3S. The molecule has 152 valence electrons. The second-order valence-corrected chi connectivity index (χ2v) is 9.54. The Morgan fingerprint density at radius 1 is 1.00 bits per heavy atom. The Bertz CT molecular complexity index is 989. The number of halogens is 1. The van der Waals surface area contributed by atoms with E-state index in [9.17, 15) is 13.2 Å². The minimum absolute atomic E-state index is 0.254. The first-order chi connectivity index (χ1) is 12.9. The second kappa shape index (κ2) is 8.53. The highest BCUT2D eigenvalue weighted by Gasteiger charge is 2.31. The molecule has 0 aliphatic rings. The standard InChI is InChI=1S/C21H27ClN2O3S/c1-13-7-9-18(11-15(13)3)16(4)23-21(25)17(5)24(28(6,26)27)20-12-19(22)10-8-14(20)2/h7-12,16-17H,1-6H3,(H,23,25)/t16-,17-/m1/s1. The summed E-state index contributed by atoms with van der Waals surface area (Å²) in [4.78, 5) is 12.9. The molecule has 1 N–H and O–H groups in total. The third-order valence-electron chi connectivity index (χ3n) is 4.89. The van der Waals surface area contributed by atoms with Crippen LogP contribution in [0.25, 0.3) is 0 Å². The van der Waals surface area contributed by atoms with Gasteiger partial charge < -0.3 is 5.32 Å². The maximum absolute atomic E-state index is 12.9. The smallest absolute Gasteiger partial charge is 0.244 e. The SMILES string of the molecule is Cc1ccc([C@@H](C)NC(=O)[C@@H](C)N(c2cc(Cl)ccc2C)S(C)(=O)=O)cc1C. The molecule has 0 fully saturated rings. The number of anilines is 1. The predicted octanol–water partition coefficient (Wildman–Crippen LogP) is 4.30. The first kappa shape index (κ1) is 22.2. The van der Waals surface area contributed by atoms with E-state index in [4.69, 9.17) is 11.6 Å². The van der Waals surface area contributed by atoms with Crippen molar-refractivity contribution in [2.45, 2.75) is 46.7 Å². The van der Waals surface area contributed by atoms with Crippen LogP contribution < -0.4 is 9.62 Å². The van der Waals surface area contributed by atoms with Crippen LogP contribution in [0.2, 0.25) is 5.02 Å². The average Bonchev–Trinajstić information content (AvgIpc) is 2.59. The highest BCUT2D eigenvalue weighted by molar-refractivity contribution is 7.92. The highest BCUT2D eigenvalue weighted by atomic mass is 35.5. The van der Waals surface area contributed by atoms with Crippen molar-refractivity contribution in [3.8, 4) is 0 Å². The molecule has 0 bridgehead atoms. The van der Waals surface area contributed by atoms with Crippen LogP contribution in [-0.4, -0.2) is 26.6 Å². The lowest BCUT2D eigenvalue weighted by Gasteiger charge is -2.30. The Kier molecular flexibility index (Phi) is 6.78. The largest absolute Gasteiger partial charge is 0.348 e. The Morgan fingerprint density at radius 2 is 1.61 bits per heavy atom. The van der Waals surface area contributed by atoms with Gasteiger partial charge in [-0.15, -0.1) is 0 Å². The Balaban J connectivity index is 2.31. The topological polar surface area (TPSA) is 66.5 Å². The fourth-order valence-corrected chi connectivity index (χ4v) is 4.44. The van der Waals surface area contributed by atoms with Gasteiger partial charge in [0.15, 0.2) is 0 Å². The number of benzene rings is 2. The molecule has 0 aromatic heterocycles. The van der Waals surface area contributed by atoms with Crippen LogP contribution in [0.5, 0.6) is 0 Å². The number of hydrogen-bond acceptors (Lipinski definition) is 3. The van der Waals surface area contributed by atoms with Crippen molar-refractivity contribution in [3.05, 3.63) is 63.7 Å². The van der Waals surface area contributed by atoms with Crippen molar-refractivity contribution in [2.24, 2.45) is 0 Å². The molecule has 1 amide bonds. The van der Waals surface area contributed by atoms with Crippen molar-refractivity contribution < 1.29 is 13.2 Å². The molecule has 0 aliphatic heterocycles. The molecule has 7 heteroatoms. The molecule has 2 aromatic carbocycles. The van der Waals surface area contributed by atoms with Crippen LogP contribution in [0.1, 0.15) is 42.1 Å². The fraction of sp³-hybridized carbons (Fsp3) is 0.381. The van der Waals surface area contributed by atoms with Gasteiger partial charge in [0.1, 0.15) is 6.04 Å². The van der Waals surface area contributed by atoms with Crippen LogP contribution >= 0.6 is 11.6 Å². The number of aryl methyl sites for hydroxylation is 3. The van der Waals surface area contributed by atoms with E-state index in [1.54, 1.807) is 32.0 Å². The van der Waals surface area contributed by atoms with Crippen LogP contribution in [0, 0.1) is 20.8 Å². The van der Waals surface area contributed by atoms with Crippen LogP contribution in [0.3, 0.4) is 0 Å². The van der Waals surface area contributed by atoms with Gasteiger partial charge in [0.25, 0.3) is 0 Å². The minimum atomic E-state index is -3.70. The summed E-state index contributed by atoms with van der Waals surface area (Å²) >= 11 is 6.07. The molecule has 2 atom stereocenters. The first-order valence-corrected chi connectivity index (χ1v) is 11.3. The van der Waals surface area contributed by atoms with Crippen LogP contribution in [0.15, 0.2) is 36.4 Å². The summed E-state index contributed by atoms with van der Waals surface area (Å²) in [6.45, 7) is 9.28. The molecule has 0 spiro atoms. The van der Waals surface area contributed by atoms with E-state index < -0.39 is 16.1 Å².